The zero-order chi connectivity index (χ0) is 47.4. The standard InChI is InChI=1S/C56H69N3O6.HI/c1-53(2,3)43-23-33-18-37-27-45(55(7,8)9)29-39-20-35-25-44(54(4,5)6)26-36(48(35)61)21-40-30-46(56(10,11)12)28-38(19-34(24-43)47(33)60)50(40)65-17-15-58-52(63)42-22-41(31-59(13)32-42)51(62)57-14-16-64-49(37)39;/h22-32H,14-21H2,1-13H3,(H3-,57,58,60,61,62,63);1H. The lowest BCUT2D eigenvalue weighted by molar-refractivity contribution is -0.671. The first-order valence-corrected chi connectivity index (χ1v) is 23.1. The molecule has 66 heavy (non-hydrogen) atoms. The Kier molecular flexibility index (Phi) is 14.4. The van der Waals surface area contributed by atoms with E-state index in [4.69, 9.17) is 9.47 Å². The number of nitrogens with zero attached hydrogens (tertiary/aromatic N) is 1. The number of carbonyl (C=O) groups excluding carboxylic acids is 2. The van der Waals surface area contributed by atoms with E-state index >= 15 is 0 Å². The van der Waals surface area contributed by atoms with Gasteiger partial charge in [-0.2, -0.15) is 0 Å². The van der Waals surface area contributed by atoms with E-state index < -0.39 is 0 Å². The van der Waals surface area contributed by atoms with Crippen LogP contribution in [-0.4, -0.2) is 48.3 Å². The maximum absolute atomic E-state index is 13.6. The van der Waals surface area contributed by atoms with E-state index in [1.54, 1.807) is 30.1 Å². The number of carbonyl (C=O) groups is 2. The fourth-order valence-electron chi connectivity index (χ4n) is 8.82. The third-order valence-corrected chi connectivity index (χ3v) is 12.8. The Morgan fingerprint density at radius 3 is 0.970 bits per heavy atom. The number of phenolic OH excluding ortho intramolecular Hbond substituents is 2. The van der Waals surface area contributed by atoms with Gasteiger partial charge in [-0.1, -0.05) is 132 Å². The summed E-state index contributed by atoms with van der Waals surface area (Å²) in [4.78, 5) is 27.3. The lowest BCUT2D eigenvalue weighted by Crippen LogP contribution is -3.00. The Morgan fingerprint density at radius 2 is 0.712 bits per heavy atom. The lowest BCUT2D eigenvalue weighted by atomic mass is 9.79. The normalized spacial score (nSPS) is 15.1. The second kappa shape index (κ2) is 18.9. The van der Waals surface area contributed by atoms with E-state index in [0.717, 1.165) is 66.8 Å². The average molecular weight is 1010 g/mol. The maximum Gasteiger partial charge on any atom is 0.257 e. The van der Waals surface area contributed by atoms with Gasteiger partial charge in [-0.25, -0.2) is 4.57 Å². The van der Waals surface area contributed by atoms with Gasteiger partial charge in [0.15, 0.2) is 12.4 Å². The van der Waals surface area contributed by atoms with Crippen molar-refractivity contribution < 1.29 is 57.8 Å². The van der Waals surface area contributed by atoms with E-state index in [-0.39, 0.29) is 95.3 Å². The number of amides is 2. The number of phenols is 2. The van der Waals surface area contributed by atoms with E-state index in [1.165, 1.54) is 0 Å². The van der Waals surface area contributed by atoms with Gasteiger partial charge < -0.3 is 54.3 Å². The summed E-state index contributed by atoms with van der Waals surface area (Å²) in [5.41, 5.74) is 10.8. The predicted molar refractivity (Wildman–Crippen MR) is 258 cm³/mol. The molecule has 5 aromatic rings. The fraction of sp³-hybridized carbons (Fsp3) is 0.446. The van der Waals surface area contributed by atoms with Gasteiger partial charge in [0.25, 0.3) is 11.8 Å². The molecule has 0 unspecified atom stereocenters. The van der Waals surface area contributed by atoms with Crippen molar-refractivity contribution in [2.45, 2.75) is 130 Å². The SMILES string of the molecule is C[n+]1cc2cc(c1)C(=O)NCCOc1c3cc(C(C)(C)C)cc1Cc1cc(C(C)(C)C)cc(c1O)Cc1cc(C(C)(C)C)cc(c1OCCNC2=O)Cc1cc(C(C)(C)C)cc(c1O)C3.[I-]. The van der Waals surface area contributed by atoms with Crippen LogP contribution >= 0.6 is 0 Å². The van der Waals surface area contributed by atoms with Gasteiger partial charge in [0.05, 0.1) is 13.1 Å². The Morgan fingerprint density at radius 1 is 0.455 bits per heavy atom. The topological polar surface area (TPSA) is 121 Å². The number of pyridine rings is 1. The van der Waals surface area contributed by atoms with Gasteiger partial charge in [0, 0.05) is 25.7 Å². The first-order chi connectivity index (χ1) is 30.3. The molecule has 0 saturated heterocycles. The number of aryl methyl sites for hydroxylation is 1. The number of benzene rings is 4. The smallest absolute Gasteiger partial charge is 0.257 e. The summed E-state index contributed by atoms with van der Waals surface area (Å²) < 4.78 is 15.4. The van der Waals surface area contributed by atoms with Crippen molar-refractivity contribution in [3.63, 3.8) is 0 Å². The number of nitrogens with one attached hydrogen (secondary N) is 2. The van der Waals surface area contributed by atoms with Crippen LogP contribution in [0.1, 0.15) is 171 Å². The number of hydrogen-bond donors (Lipinski definition) is 4. The van der Waals surface area contributed by atoms with Crippen LogP contribution in [0, 0.1) is 0 Å². The number of ether oxygens (including phenoxy) is 2. The van der Waals surface area contributed by atoms with Crippen LogP contribution < -0.4 is 48.7 Å². The molecule has 8 rings (SSSR count). The Hall–Kier alpha value is -5.10. The molecule has 0 saturated carbocycles. The number of hydrogen-bond acceptors (Lipinski definition) is 6. The van der Waals surface area contributed by atoms with Crippen molar-refractivity contribution >= 4 is 11.8 Å². The summed E-state index contributed by atoms with van der Waals surface area (Å²) in [6.07, 6.45) is 4.89. The monoisotopic (exact) mass is 1010 g/mol. The molecule has 2 aliphatic heterocycles. The second-order valence-electron chi connectivity index (χ2n) is 22.4. The van der Waals surface area contributed by atoms with Crippen molar-refractivity contribution in [3.8, 4) is 23.0 Å². The summed E-state index contributed by atoms with van der Waals surface area (Å²) in [6, 6.07) is 18.9. The highest BCUT2D eigenvalue weighted by Crippen LogP contribution is 2.44. The molecule has 10 heteroatoms. The molecular weight excluding hydrogens is 938 g/mol. The average Bonchev–Trinajstić information content (AvgIpc) is 3.19. The quantitative estimate of drug-likeness (QED) is 0.0992. The molecule has 4 aromatic carbocycles. The van der Waals surface area contributed by atoms with Crippen molar-refractivity contribution in [1.82, 2.24) is 10.6 Å². The van der Waals surface area contributed by atoms with Crippen LogP contribution in [-0.2, 0) is 54.4 Å². The van der Waals surface area contributed by atoms with Gasteiger partial charge in [-0.15, -0.1) is 0 Å². The molecule has 0 atom stereocenters. The molecule has 2 amide bonds. The first-order valence-electron chi connectivity index (χ1n) is 23.1. The Bertz CT molecular complexity index is 2400. The molecule has 4 N–H and O–H groups in total. The van der Waals surface area contributed by atoms with E-state index in [9.17, 15) is 19.8 Å². The summed E-state index contributed by atoms with van der Waals surface area (Å²) in [5.74, 6) is 1.10. The maximum atomic E-state index is 13.6. The van der Waals surface area contributed by atoms with Gasteiger partial charge in [-0.05, 0) is 94.5 Å². The van der Waals surface area contributed by atoms with Crippen molar-refractivity contribution in [2.24, 2.45) is 7.05 Å². The molecule has 0 radical (unpaired) electrons. The van der Waals surface area contributed by atoms with Gasteiger partial charge in [0.1, 0.15) is 54.4 Å². The summed E-state index contributed by atoms with van der Waals surface area (Å²) in [7, 11) is 1.79. The lowest BCUT2D eigenvalue weighted by Gasteiger charge is -2.28. The molecule has 0 spiro atoms. The Labute approximate surface area is 409 Å². The van der Waals surface area contributed by atoms with E-state index in [0.29, 0.717) is 48.3 Å². The minimum Gasteiger partial charge on any atom is -1.00 e. The highest BCUT2D eigenvalue weighted by Gasteiger charge is 2.29. The minimum absolute atomic E-state index is 0. The van der Waals surface area contributed by atoms with Gasteiger partial charge in [0.2, 0.25) is 0 Å². The van der Waals surface area contributed by atoms with E-state index in [1.807, 2.05) is 0 Å². The highest BCUT2D eigenvalue weighted by molar-refractivity contribution is 5.98. The summed E-state index contributed by atoms with van der Waals surface area (Å²) in [6.45, 7) is 27.0. The van der Waals surface area contributed by atoms with Crippen molar-refractivity contribution in [2.75, 3.05) is 26.3 Å². The molecule has 1 aromatic heterocycles. The van der Waals surface area contributed by atoms with Crippen LogP contribution in [0.2, 0.25) is 0 Å². The molecule has 1 aliphatic carbocycles. The van der Waals surface area contributed by atoms with Crippen LogP contribution in [0.5, 0.6) is 23.0 Å². The molecule has 9 nitrogen and oxygen atoms in total. The molecule has 0 fully saturated rings. The predicted octanol–water partition coefficient (Wildman–Crippen LogP) is 6.72. The fourth-order valence-corrected chi connectivity index (χ4v) is 8.82. The molecular formula is C56H70IN3O6. The van der Waals surface area contributed by atoms with Crippen molar-refractivity contribution in [3.05, 3.63) is 145 Å². The zero-order valence-corrected chi connectivity index (χ0v) is 43.5. The third-order valence-electron chi connectivity index (χ3n) is 12.8. The van der Waals surface area contributed by atoms with E-state index in [2.05, 4.69) is 142 Å². The second-order valence-corrected chi connectivity index (χ2v) is 22.4. The number of halogens is 1. The van der Waals surface area contributed by atoms with Crippen molar-refractivity contribution in [1.29, 1.82) is 0 Å². The molecule has 352 valence electrons. The number of aromatic hydroxyl groups is 2. The number of rotatable bonds is 0. The van der Waals surface area contributed by atoms with Crippen LogP contribution in [0.3, 0.4) is 0 Å². The number of fused-ring (bicyclic) bond motifs is 8. The third kappa shape index (κ3) is 11.2. The highest BCUT2D eigenvalue weighted by atomic mass is 127. The van der Waals surface area contributed by atoms with Crippen LogP contribution in [0.25, 0.3) is 0 Å². The summed E-state index contributed by atoms with van der Waals surface area (Å²) in [5, 5.41) is 31.1. The molecule has 3 heterocycles. The first kappa shape index (κ1) is 50.3. The largest absolute Gasteiger partial charge is 1.00 e. The Balaban J connectivity index is 0.00000720. The summed E-state index contributed by atoms with van der Waals surface area (Å²) >= 11 is 0. The van der Waals surface area contributed by atoms with Crippen LogP contribution in [0.15, 0.2) is 67.0 Å². The molecule has 12 bridgehead atoms. The number of aromatic nitrogens is 1. The van der Waals surface area contributed by atoms with Gasteiger partial charge >= 0.3 is 0 Å². The minimum atomic E-state index is -0.332. The van der Waals surface area contributed by atoms with Crippen LogP contribution in [0.4, 0.5) is 0 Å². The zero-order valence-electron chi connectivity index (χ0n) is 41.4. The van der Waals surface area contributed by atoms with Gasteiger partial charge in [-0.3, -0.25) is 9.59 Å². The molecule has 3 aliphatic rings.